The van der Waals surface area contributed by atoms with E-state index in [0.29, 0.717) is 28.4 Å². The number of hydrogen-bond donors (Lipinski definition) is 2. The number of ether oxygens (including phenoxy) is 1. The van der Waals surface area contributed by atoms with Crippen LogP contribution in [0.2, 0.25) is 5.02 Å². The van der Waals surface area contributed by atoms with E-state index in [4.69, 9.17) is 16.3 Å². The van der Waals surface area contributed by atoms with Gasteiger partial charge in [-0.15, -0.1) is 0 Å². The maximum absolute atomic E-state index is 13.3. The number of carbonyl (C=O) groups excluding carboxylic acids is 1. The summed E-state index contributed by atoms with van der Waals surface area (Å²) in [5.74, 6) is -0.505. The number of hydrogen-bond acceptors (Lipinski definition) is 4. The fraction of sp³-hybridized carbons (Fsp3) is 0.310. The van der Waals surface area contributed by atoms with Gasteiger partial charge in [0, 0.05) is 25.1 Å². The minimum absolute atomic E-state index is 0.145. The van der Waals surface area contributed by atoms with E-state index < -0.39 is 5.97 Å². The van der Waals surface area contributed by atoms with Crippen molar-refractivity contribution in [2.45, 2.75) is 39.5 Å². The lowest BCUT2D eigenvalue weighted by atomic mass is 10.0. The van der Waals surface area contributed by atoms with Crippen LogP contribution in [0.4, 0.5) is 11.4 Å². The van der Waals surface area contributed by atoms with Gasteiger partial charge in [0.1, 0.15) is 5.75 Å². The number of carboxylic acid groups (broad SMARTS) is 1. The highest BCUT2D eigenvalue weighted by molar-refractivity contribution is 6.36. The number of halogens is 1. The Hall–Kier alpha value is -3.51. The van der Waals surface area contributed by atoms with Crippen LogP contribution in [0.1, 0.15) is 45.5 Å². The number of nitrogens with one attached hydrogen (secondary N) is 1. The largest absolute Gasteiger partial charge is 0.493 e. The molecule has 1 saturated heterocycles. The molecule has 1 aliphatic heterocycles. The second-order valence-corrected chi connectivity index (χ2v) is 9.59. The molecule has 1 amide bonds. The Morgan fingerprint density at radius 1 is 1.00 bits per heavy atom. The first-order chi connectivity index (χ1) is 17.3. The predicted molar refractivity (Wildman–Crippen MR) is 144 cm³/mol. The zero-order chi connectivity index (χ0) is 25.7. The summed E-state index contributed by atoms with van der Waals surface area (Å²) in [4.78, 5) is 26.9. The van der Waals surface area contributed by atoms with Crippen LogP contribution >= 0.6 is 11.6 Å². The molecule has 2 N–H and O–H groups in total. The normalized spacial score (nSPS) is 13.0. The van der Waals surface area contributed by atoms with Crippen molar-refractivity contribution in [3.63, 3.8) is 0 Å². The Bertz CT molecular complexity index is 1230. The molecule has 0 aromatic heterocycles. The molecule has 0 bridgehead atoms. The molecule has 6 nitrogen and oxygen atoms in total. The quantitative estimate of drug-likeness (QED) is 0.369. The van der Waals surface area contributed by atoms with Crippen LogP contribution in [0.15, 0.2) is 54.6 Å². The van der Waals surface area contributed by atoms with Crippen LogP contribution in [0, 0.1) is 13.8 Å². The summed E-state index contributed by atoms with van der Waals surface area (Å²) in [6, 6.07) is 17.3. The monoisotopic (exact) mass is 506 g/mol. The molecule has 4 rings (SSSR count). The zero-order valence-corrected chi connectivity index (χ0v) is 21.4. The van der Waals surface area contributed by atoms with Crippen LogP contribution < -0.4 is 15.0 Å². The van der Waals surface area contributed by atoms with Gasteiger partial charge in [-0.3, -0.25) is 9.59 Å². The number of aryl methyl sites for hydroxylation is 2. The number of aliphatic carboxylic acids is 1. The van der Waals surface area contributed by atoms with Crippen LogP contribution in [0.5, 0.6) is 5.75 Å². The van der Waals surface area contributed by atoms with Crippen molar-refractivity contribution >= 4 is 34.9 Å². The summed E-state index contributed by atoms with van der Waals surface area (Å²) in [7, 11) is 0. The molecule has 7 heteroatoms. The van der Waals surface area contributed by atoms with E-state index >= 15 is 0 Å². The summed E-state index contributed by atoms with van der Waals surface area (Å²) in [5, 5.41) is 12.7. The summed E-state index contributed by atoms with van der Waals surface area (Å²) in [6.07, 6.45) is 2.76. The highest BCUT2D eigenvalue weighted by Crippen LogP contribution is 2.37. The number of nitrogens with zero attached hydrogens (tertiary/aromatic N) is 1. The maximum atomic E-state index is 13.3. The van der Waals surface area contributed by atoms with Crippen molar-refractivity contribution in [2.24, 2.45) is 0 Å². The standard InChI is InChI=1S/C29H31ClN2O4/c1-19-14-23(36-13-10-21-8-4-3-5-9-21)15-20(2)27(19)29(35)31-24-16-22(18-26(33)34)17-25(28(24)30)32-11-6-7-12-32/h3-5,8-9,14-17H,6-7,10-13,18H2,1-2H3,(H,31,35)(H,33,34). The Labute approximate surface area is 216 Å². The van der Waals surface area contributed by atoms with E-state index in [1.165, 1.54) is 5.56 Å². The number of carboxylic acids is 1. The summed E-state index contributed by atoms with van der Waals surface area (Å²) in [5.41, 5.74) is 5.12. The molecule has 0 radical (unpaired) electrons. The molecule has 3 aromatic rings. The first kappa shape index (κ1) is 25.6. The van der Waals surface area contributed by atoms with E-state index in [1.54, 1.807) is 6.07 Å². The van der Waals surface area contributed by atoms with Crippen molar-refractivity contribution in [2.75, 3.05) is 29.9 Å². The molecule has 0 aliphatic carbocycles. The SMILES string of the molecule is Cc1cc(OCCc2ccccc2)cc(C)c1C(=O)Nc1cc(CC(=O)O)cc(N2CCCC2)c1Cl. The molecule has 1 aliphatic rings. The van der Waals surface area contributed by atoms with Gasteiger partial charge in [-0.2, -0.15) is 0 Å². The van der Waals surface area contributed by atoms with Gasteiger partial charge in [0.2, 0.25) is 0 Å². The molecule has 0 spiro atoms. The Kier molecular flexibility index (Phi) is 8.16. The second kappa shape index (κ2) is 11.5. The Morgan fingerprint density at radius 2 is 1.67 bits per heavy atom. The van der Waals surface area contributed by atoms with Crippen molar-refractivity contribution in [1.82, 2.24) is 0 Å². The molecule has 3 aromatic carbocycles. The van der Waals surface area contributed by atoms with E-state index in [9.17, 15) is 14.7 Å². The molecule has 1 fully saturated rings. The van der Waals surface area contributed by atoms with Crippen LogP contribution in [0.25, 0.3) is 0 Å². The lowest BCUT2D eigenvalue weighted by Crippen LogP contribution is -2.20. The Balaban J connectivity index is 1.53. The fourth-order valence-corrected chi connectivity index (χ4v) is 4.98. The third kappa shape index (κ3) is 6.18. The van der Waals surface area contributed by atoms with Gasteiger partial charge in [-0.25, -0.2) is 0 Å². The first-order valence-corrected chi connectivity index (χ1v) is 12.6. The number of rotatable bonds is 9. The number of carbonyl (C=O) groups is 2. The lowest BCUT2D eigenvalue weighted by molar-refractivity contribution is -0.136. The van der Waals surface area contributed by atoms with Crippen LogP contribution in [-0.4, -0.2) is 36.7 Å². The third-order valence-corrected chi connectivity index (χ3v) is 6.80. The minimum Gasteiger partial charge on any atom is -0.493 e. The first-order valence-electron chi connectivity index (χ1n) is 12.2. The van der Waals surface area contributed by atoms with Gasteiger partial charge in [-0.05, 0) is 73.2 Å². The van der Waals surface area contributed by atoms with Crippen molar-refractivity contribution in [1.29, 1.82) is 0 Å². The average molecular weight is 507 g/mol. The molecule has 36 heavy (non-hydrogen) atoms. The number of anilines is 2. The van der Waals surface area contributed by atoms with Crippen molar-refractivity contribution < 1.29 is 19.4 Å². The van der Waals surface area contributed by atoms with Gasteiger partial charge in [0.15, 0.2) is 0 Å². The highest BCUT2D eigenvalue weighted by atomic mass is 35.5. The molecule has 0 saturated carbocycles. The molecular weight excluding hydrogens is 476 g/mol. The lowest BCUT2D eigenvalue weighted by Gasteiger charge is -2.22. The molecule has 0 unspecified atom stereocenters. The van der Waals surface area contributed by atoms with Crippen molar-refractivity contribution in [3.05, 3.63) is 87.4 Å². The smallest absolute Gasteiger partial charge is 0.307 e. The topological polar surface area (TPSA) is 78.9 Å². The third-order valence-electron chi connectivity index (χ3n) is 6.40. The highest BCUT2D eigenvalue weighted by Gasteiger charge is 2.22. The number of benzene rings is 3. The molecule has 188 valence electrons. The van der Waals surface area contributed by atoms with Gasteiger partial charge in [-0.1, -0.05) is 41.9 Å². The van der Waals surface area contributed by atoms with Gasteiger partial charge in [0.05, 0.1) is 29.4 Å². The van der Waals surface area contributed by atoms with Crippen LogP contribution in [0.3, 0.4) is 0 Å². The van der Waals surface area contributed by atoms with E-state index in [2.05, 4.69) is 22.3 Å². The van der Waals surface area contributed by atoms with Gasteiger partial charge < -0.3 is 20.1 Å². The summed E-state index contributed by atoms with van der Waals surface area (Å²) >= 11 is 6.72. The molecule has 1 heterocycles. The molecule has 0 atom stereocenters. The summed E-state index contributed by atoms with van der Waals surface area (Å²) in [6.45, 7) is 6.01. The molecular formula is C29H31ClN2O4. The number of amides is 1. The predicted octanol–water partition coefficient (Wildman–Crippen LogP) is 6.06. The van der Waals surface area contributed by atoms with Gasteiger partial charge >= 0.3 is 5.97 Å². The van der Waals surface area contributed by atoms with Crippen LogP contribution in [-0.2, 0) is 17.6 Å². The van der Waals surface area contributed by atoms with E-state index in [-0.39, 0.29) is 12.3 Å². The van der Waals surface area contributed by atoms with Gasteiger partial charge in [0.25, 0.3) is 5.91 Å². The Morgan fingerprint density at radius 3 is 2.31 bits per heavy atom. The van der Waals surface area contributed by atoms with Crippen molar-refractivity contribution in [3.8, 4) is 5.75 Å². The fourth-order valence-electron chi connectivity index (χ4n) is 4.70. The minimum atomic E-state index is -0.934. The van der Waals surface area contributed by atoms with E-state index in [1.807, 2.05) is 50.2 Å². The maximum Gasteiger partial charge on any atom is 0.307 e. The van der Waals surface area contributed by atoms with E-state index in [0.717, 1.165) is 54.9 Å². The average Bonchev–Trinajstić information content (AvgIpc) is 3.36. The second-order valence-electron chi connectivity index (χ2n) is 9.21. The zero-order valence-electron chi connectivity index (χ0n) is 20.6. The summed E-state index contributed by atoms with van der Waals surface area (Å²) < 4.78 is 5.96.